The molecule has 12 heteroatoms. The zero-order valence-electron chi connectivity index (χ0n) is 17.5. The molecule has 1 fully saturated rings. The van der Waals surface area contributed by atoms with Crippen molar-refractivity contribution in [1.82, 2.24) is 10.2 Å². The van der Waals surface area contributed by atoms with E-state index in [4.69, 9.17) is 9.57 Å². The van der Waals surface area contributed by atoms with E-state index in [9.17, 15) is 24.3 Å². The molecule has 2 amide bonds. The number of hydrogen-bond donors (Lipinski definition) is 2. The summed E-state index contributed by atoms with van der Waals surface area (Å²) in [7, 11) is 0. The number of unbranched alkanes of at least 4 members (excludes halogenated alkanes) is 1. The Morgan fingerprint density at radius 3 is 2.78 bits per heavy atom. The van der Waals surface area contributed by atoms with Crippen molar-refractivity contribution in [3.05, 3.63) is 33.7 Å². The molecule has 0 radical (unpaired) electrons. The summed E-state index contributed by atoms with van der Waals surface area (Å²) < 4.78 is 4.91. The number of carbonyl (C=O) groups excluding carboxylic acids is 3. The number of carbonyl (C=O) groups is 4. The fraction of sp³-hybridized carbons (Fsp3) is 0.450. The van der Waals surface area contributed by atoms with Gasteiger partial charge in [-0.3, -0.25) is 19.3 Å². The van der Waals surface area contributed by atoms with Gasteiger partial charge in [0, 0.05) is 18.2 Å². The molecule has 1 saturated heterocycles. The highest BCUT2D eigenvalue weighted by atomic mass is 32.2. The van der Waals surface area contributed by atoms with Crippen molar-refractivity contribution in [1.29, 1.82) is 0 Å². The number of aliphatic carboxylic acids is 1. The maximum Gasteiger partial charge on any atom is 0.352 e. The van der Waals surface area contributed by atoms with E-state index in [1.807, 2.05) is 6.92 Å². The van der Waals surface area contributed by atoms with E-state index >= 15 is 0 Å². The van der Waals surface area contributed by atoms with E-state index in [-0.39, 0.29) is 23.8 Å². The molecule has 10 nitrogen and oxygen atoms in total. The molecular weight excluding hydrogens is 458 g/mol. The molecule has 2 aliphatic rings. The Morgan fingerprint density at radius 1 is 1.38 bits per heavy atom. The number of thiophene rings is 1. The van der Waals surface area contributed by atoms with Crippen LogP contribution in [0.3, 0.4) is 0 Å². The normalized spacial score (nSPS) is 20.4. The van der Waals surface area contributed by atoms with Gasteiger partial charge in [0.2, 0.25) is 0 Å². The Labute approximate surface area is 192 Å². The second-order valence-corrected chi connectivity index (χ2v) is 9.06. The maximum absolute atomic E-state index is 12.9. The summed E-state index contributed by atoms with van der Waals surface area (Å²) in [5, 5.41) is 17.5. The largest absolute Gasteiger partial charge is 0.477 e. The molecule has 172 valence electrons. The van der Waals surface area contributed by atoms with Crippen molar-refractivity contribution in [2.24, 2.45) is 5.16 Å². The van der Waals surface area contributed by atoms with E-state index in [0.717, 1.165) is 17.7 Å². The quantitative estimate of drug-likeness (QED) is 0.169. The SMILES string of the molecule is CCCCON=C(C(=O)N[C@@H]1C(=O)N2C(C(=O)O)=C(COC(C)=O)CS[C@H]12)c1cccs1. The molecule has 32 heavy (non-hydrogen) atoms. The van der Waals surface area contributed by atoms with Crippen LogP contribution in [-0.2, 0) is 28.8 Å². The first kappa shape index (κ1) is 23.8. The second kappa shape index (κ2) is 10.6. The number of esters is 1. The molecule has 0 saturated carbocycles. The Kier molecular flexibility index (Phi) is 7.91. The van der Waals surface area contributed by atoms with Crippen LogP contribution in [-0.4, -0.2) is 69.9 Å². The average molecular weight is 482 g/mol. The van der Waals surface area contributed by atoms with Gasteiger partial charge in [-0.25, -0.2) is 4.79 Å². The second-order valence-electron chi connectivity index (χ2n) is 7.00. The topological polar surface area (TPSA) is 135 Å². The number of ether oxygens (including phenoxy) is 1. The molecule has 2 atom stereocenters. The van der Waals surface area contributed by atoms with E-state index < -0.39 is 35.2 Å². The van der Waals surface area contributed by atoms with Crippen molar-refractivity contribution in [2.45, 2.75) is 38.1 Å². The van der Waals surface area contributed by atoms with Crippen LogP contribution in [0.2, 0.25) is 0 Å². The Balaban J connectivity index is 1.74. The van der Waals surface area contributed by atoms with Gasteiger partial charge >= 0.3 is 11.9 Å². The lowest BCUT2D eigenvalue weighted by atomic mass is 10.0. The van der Waals surface area contributed by atoms with E-state index in [0.29, 0.717) is 17.1 Å². The fourth-order valence-corrected chi connectivity index (χ4v) is 5.15. The number of carboxylic acids is 1. The smallest absolute Gasteiger partial charge is 0.352 e. The van der Waals surface area contributed by atoms with Crippen molar-refractivity contribution in [2.75, 3.05) is 19.0 Å². The van der Waals surface area contributed by atoms with Crippen LogP contribution in [0.1, 0.15) is 31.6 Å². The third kappa shape index (κ3) is 5.13. The highest BCUT2D eigenvalue weighted by Gasteiger charge is 2.54. The van der Waals surface area contributed by atoms with E-state index in [1.54, 1.807) is 17.5 Å². The van der Waals surface area contributed by atoms with Gasteiger partial charge in [0.25, 0.3) is 11.8 Å². The molecule has 3 rings (SSSR count). The first-order chi connectivity index (χ1) is 15.3. The van der Waals surface area contributed by atoms with Gasteiger partial charge in [0.15, 0.2) is 5.71 Å². The summed E-state index contributed by atoms with van der Waals surface area (Å²) in [6, 6.07) is 2.60. The third-order valence-corrected chi connectivity index (χ3v) is 6.92. The first-order valence-corrected chi connectivity index (χ1v) is 11.9. The Hall–Kier alpha value is -2.86. The van der Waals surface area contributed by atoms with Gasteiger partial charge in [-0.05, 0) is 17.9 Å². The predicted molar refractivity (Wildman–Crippen MR) is 118 cm³/mol. The highest BCUT2D eigenvalue weighted by Crippen LogP contribution is 2.40. The molecule has 1 aromatic rings. The molecule has 0 unspecified atom stereocenters. The molecule has 2 N–H and O–H groups in total. The summed E-state index contributed by atoms with van der Waals surface area (Å²) in [4.78, 5) is 55.5. The van der Waals surface area contributed by atoms with Crippen LogP contribution in [0.15, 0.2) is 33.9 Å². The summed E-state index contributed by atoms with van der Waals surface area (Å²) in [5.41, 5.74) is 0.186. The number of rotatable bonds is 10. The number of amides is 2. The molecule has 0 spiro atoms. The van der Waals surface area contributed by atoms with Crippen LogP contribution < -0.4 is 5.32 Å². The number of carboxylic acid groups (broad SMARTS) is 1. The number of thioether (sulfide) groups is 1. The molecule has 2 aliphatic heterocycles. The van der Waals surface area contributed by atoms with Crippen molar-refractivity contribution >= 4 is 52.6 Å². The highest BCUT2D eigenvalue weighted by molar-refractivity contribution is 8.00. The van der Waals surface area contributed by atoms with Crippen molar-refractivity contribution in [3.8, 4) is 0 Å². The summed E-state index contributed by atoms with van der Waals surface area (Å²) in [6.07, 6.45) is 1.71. The van der Waals surface area contributed by atoms with Gasteiger partial charge in [-0.2, -0.15) is 0 Å². The lowest BCUT2D eigenvalue weighted by molar-refractivity contribution is -0.150. The van der Waals surface area contributed by atoms with Crippen molar-refractivity contribution in [3.63, 3.8) is 0 Å². The number of fused-ring (bicyclic) bond motifs is 1. The maximum atomic E-state index is 12.9. The number of β-lactam (4-membered cyclic amide) rings is 1. The minimum Gasteiger partial charge on any atom is -0.477 e. The molecule has 0 bridgehead atoms. The van der Waals surface area contributed by atoms with Crippen LogP contribution >= 0.6 is 23.1 Å². The lowest BCUT2D eigenvalue weighted by Crippen LogP contribution is -2.71. The fourth-order valence-electron chi connectivity index (χ4n) is 3.12. The van der Waals surface area contributed by atoms with Gasteiger partial charge in [-0.1, -0.05) is 24.6 Å². The van der Waals surface area contributed by atoms with Gasteiger partial charge in [0.05, 0.1) is 4.88 Å². The predicted octanol–water partition coefficient (Wildman–Crippen LogP) is 1.57. The molecule has 0 aromatic carbocycles. The van der Waals surface area contributed by atoms with Crippen LogP contribution in [0.25, 0.3) is 0 Å². The summed E-state index contributed by atoms with van der Waals surface area (Å²) in [6.45, 7) is 3.39. The zero-order chi connectivity index (χ0) is 23.3. The molecular formula is C20H23N3O7S2. The van der Waals surface area contributed by atoms with Crippen LogP contribution in [0, 0.1) is 0 Å². The van der Waals surface area contributed by atoms with Crippen LogP contribution in [0.4, 0.5) is 0 Å². The molecule has 3 heterocycles. The molecule has 1 aromatic heterocycles. The Bertz CT molecular complexity index is 958. The number of nitrogens with zero attached hydrogens (tertiary/aromatic N) is 2. The van der Waals surface area contributed by atoms with E-state index in [2.05, 4.69) is 10.5 Å². The molecule has 0 aliphatic carbocycles. The van der Waals surface area contributed by atoms with Gasteiger partial charge < -0.3 is 20.0 Å². The van der Waals surface area contributed by atoms with Gasteiger partial charge in [-0.15, -0.1) is 23.1 Å². The minimum atomic E-state index is -1.29. The van der Waals surface area contributed by atoms with Gasteiger partial charge in [0.1, 0.15) is 30.3 Å². The standard InChI is InChI=1S/C20H23N3O7S2/c1-3-4-7-30-22-14(13-6-5-8-31-13)17(25)21-15-18(26)23-16(20(27)28)12(9-29-11(2)24)10-32-19(15)23/h5-6,8,15,19H,3-4,7,9-10H2,1-2H3,(H,21,25)(H,27,28)/t15-,19-/m1/s1. The first-order valence-electron chi connectivity index (χ1n) is 9.93. The van der Waals surface area contributed by atoms with E-state index in [1.165, 1.54) is 30.0 Å². The number of oxime groups is 1. The monoisotopic (exact) mass is 481 g/mol. The van der Waals surface area contributed by atoms with Crippen molar-refractivity contribution < 1.29 is 33.9 Å². The average Bonchev–Trinajstić information content (AvgIpc) is 3.29. The number of hydrogen-bond acceptors (Lipinski definition) is 9. The summed E-state index contributed by atoms with van der Waals surface area (Å²) in [5.74, 6) is -2.71. The van der Waals surface area contributed by atoms with Crippen LogP contribution in [0.5, 0.6) is 0 Å². The summed E-state index contributed by atoms with van der Waals surface area (Å²) >= 11 is 2.60. The minimum absolute atomic E-state index is 0.0627. The lowest BCUT2D eigenvalue weighted by Gasteiger charge is -2.49. The Morgan fingerprint density at radius 2 is 2.16 bits per heavy atom. The number of nitrogens with one attached hydrogen (secondary N) is 1. The third-order valence-electron chi connectivity index (χ3n) is 4.70. The zero-order valence-corrected chi connectivity index (χ0v) is 19.2.